The Morgan fingerprint density at radius 3 is 2.33 bits per heavy atom. The maximum absolute atomic E-state index is 8.87. The second kappa shape index (κ2) is 6.37. The second-order valence-corrected chi connectivity index (χ2v) is 5.53. The number of benzene rings is 2. The minimum absolute atomic E-state index is 0.191. The number of hydrogen-bond donors (Lipinski definition) is 1. The van der Waals surface area contributed by atoms with Gasteiger partial charge >= 0.3 is 0 Å². The van der Waals surface area contributed by atoms with Crippen LogP contribution in [0.2, 0.25) is 5.02 Å². The highest BCUT2D eigenvalue weighted by Crippen LogP contribution is 2.23. The maximum Gasteiger partial charge on any atom is 0.0471 e. The first-order valence-electron chi connectivity index (χ1n) is 5.81. The smallest absolute Gasteiger partial charge is 0.0471 e. The molecule has 0 saturated heterocycles. The van der Waals surface area contributed by atoms with E-state index in [-0.39, 0.29) is 6.61 Å². The molecule has 0 aromatic heterocycles. The zero-order valence-electron chi connectivity index (χ0n) is 9.87. The lowest BCUT2D eigenvalue weighted by Crippen LogP contribution is -1.93. The van der Waals surface area contributed by atoms with Crippen molar-refractivity contribution in [2.45, 2.75) is 12.8 Å². The monoisotopic (exact) mass is 324 g/mol. The van der Waals surface area contributed by atoms with E-state index in [2.05, 4.69) is 40.2 Å². The van der Waals surface area contributed by atoms with Crippen molar-refractivity contribution < 1.29 is 5.11 Å². The van der Waals surface area contributed by atoms with E-state index in [1.807, 2.05) is 18.2 Å². The van der Waals surface area contributed by atoms with Gasteiger partial charge in [0.2, 0.25) is 0 Å². The lowest BCUT2D eigenvalue weighted by atomic mass is 10.0. The molecule has 0 heterocycles. The lowest BCUT2D eigenvalue weighted by molar-refractivity contribution is 0.299. The fraction of sp³-hybridized carbons (Fsp3) is 0.200. The Labute approximate surface area is 121 Å². The molecule has 0 aliphatic carbocycles. The molecule has 94 valence electrons. The molecule has 0 aliphatic rings. The molecule has 0 amide bonds. The van der Waals surface area contributed by atoms with Gasteiger partial charge < -0.3 is 5.11 Å². The van der Waals surface area contributed by atoms with Crippen LogP contribution in [-0.2, 0) is 12.8 Å². The second-order valence-electron chi connectivity index (χ2n) is 4.20. The van der Waals surface area contributed by atoms with Crippen molar-refractivity contribution in [3.05, 3.63) is 68.7 Å². The zero-order valence-corrected chi connectivity index (χ0v) is 12.2. The van der Waals surface area contributed by atoms with Crippen LogP contribution in [0.15, 0.2) is 46.9 Å². The van der Waals surface area contributed by atoms with Crippen molar-refractivity contribution in [2.24, 2.45) is 0 Å². The van der Waals surface area contributed by atoms with Gasteiger partial charge in [-0.15, -0.1) is 0 Å². The number of halogens is 2. The highest BCUT2D eigenvalue weighted by molar-refractivity contribution is 9.10. The SMILES string of the molecule is OCCc1ccc(Cc2cc(Br)ccc2Cl)cc1. The maximum atomic E-state index is 8.87. The first kappa shape index (κ1) is 13.6. The topological polar surface area (TPSA) is 20.2 Å². The van der Waals surface area contributed by atoms with Crippen molar-refractivity contribution in [3.63, 3.8) is 0 Å². The molecule has 1 N–H and O–H groups in total. The van der Waals surface area contributed by atoms with Gasteiger partial charge in [-0.25, -0.2) is 0 Å². The van der Waals surface area contributed by atoms with Gasteiger partial charge in [-0.3, -0.25) is 0 Å². The zero-order chi connectivity index (χ0) is 13.0. The van der Waals surface area contributed by atoms with E-state index in [0.717, 1.165) is 27.0 Å². The van der Waals surface area contributed by atoms with Gasteiger partial charge in [-0.1, -0.05) is 51.8 Å². The predicted octanol–water partition coefficient (Wildman–Crippen LogP) is 4.23. The molecule has 0 unspecified atom stereocenters. The van der Waals surface area contributed by atoms with Crippen LogP contribution in [0, 0.1) is 0 Å². The number of hydrogen-bond acceptors (Lipinski definition) is 1. The summed E-state index contributed by atoms with van der Waals surface area (Å²) >= 11 is 9.63. The number of aliphatic hydroxyl groups is 1. The number of aliphatic hydroxyl groups excluding tert-OH is 1. The molecular formula is C15H14BrClO. The summed E-state index contributed by atoms with van der Waals surface area (Å²) in [5, 5.41) is 9.66. The molecule has 3 heteroatoms. The first-order valence-corrected chi connectivity index (χ1v) is 6.99. The molecule has 0 bridgehead atoms. The molecule has 0 atom stereocenters. The van der Waals surface area contributed by atoms with Crippen molar-refractivity contribution in [3.8, 4) is 0 Å². The van der Waals surface area contributed by atoms with Crippen molar-refractivity contribution in [1.82, 2.24) is 0 Å². The van der Waals surface area contributed by atoms with Crippen molar-refractivity contribution in [2.75, 3.05) is 6.61 Å². The molecule has 1 nitrogen and oxygen atoms in total. The Balaban J connectivity index is 2.15. The van der Waals surface area contributed by atoms with Gasteiger partial charge in [0.15, 0.2) is 0 Å². The highest BCUT2D eigenvalue weighted by atomic mass is 79.9. The van der Waals surface area contributed by atoms with Crippen LogP contribution in [0.4, 0.5) is 0 Å². The van der Waals surface area contributed by atoms with Crippen LogP contribution in [0.1, 0.15) is 16.7 Å². The normalized spacial score (nSPS) is 10.6. The third kappa shape index (κ3) is 3.58. The molecule has 0 aliphatic heterocycles. The molecule has 0 radical (unpaired) electrons. The van der Waals surface area contributed by atoms with E-state index >= 15 is 0 Å². The molecule has 0 fully saturated rings. The Kier molecular flexibility index (Phi) is 4.81. The summed E-state index contributed by atoms with van der Waals surface area (Å²) in [6, 6.07) is 14.2. The summed E-state index contributed by atoms with van der Waals surface area (Å²) in [7, 11) is 0. The summed E-state index contributed by atoms with van der Waals surface area (Å²) < 4.78 is 1.04. The number of rotatable bonds is 4. The molecule has 0 saturated carbocycles. The lowest BCUT2D eigenvalue weighted by Gasteiger charge is -2.06. The Morgan fingerprint density at radius 1 is 1.00 bits per heavy atom. The van der Waals surface area contributed by atoms with Gasteiger partial charge in [-0.05, 0) is 47.7 Å². The fourth-order valence-electron chi connectivity index (χ4n) is 1.85. The van der Waals surface area contributed by atoms with Crippen LogP contribution < -0.4 is 0 Å². The summed E-state index contributed by atoms with van der Waals surface area (Å²) in [6.07, 6.45) is 1.52. The average molecular weight is 326 g/mol. The van der Waals surface area contributed by atoms with E-state index in [0.29, 0.717) is 6.42 Å². The van der Waals surface area contributed by atoms with Crippen LogP contribution in [-0.4, -0.2) is 11.7 Å². The third-order valence-corrected chi connectivity index (χ3v) is 3.69. The molecule has 0 spiro atoms. The average Bonchev–Trinajstić information content (AvgIpc) is 2.37. The van der Waals surface area contributed by atoms with E-state index in [4.69, 9.17) is 16.7 Å². The van der Waals surface area contributed by atoms with Gasteiger partial charge in [0, 0.05) is 16.1 Å². The minimum Gasteiger partial charge on any atom is -0.396 e. The summed E-state index contributed by atoms with van der Waals surface area (Å²) in [6.45, 7) is 0.191. The van der Waals surface area contributed by atoms with Gasteiger partial charge in [0.1, 0.15) is 0 Å². The third-order valence-electron chi connectivity index (χ3n) is 2.83. The van der Waals surface area contributed by atoms with Gasteiger partial charge in [0.25, 0.3) is 0 Å². The minimum atomic E-state index is 0.191. The predicted molar refractivity (Wildman–Crippen MR) is 79.2 cm³/mol. The largest absolute Gasteiger partial charge is 0.396 e. The van der Waals surface area contributed by atoms with E-state index in [1.165, 1.54) is 5.56 Å². The van der Waals surface area contributed by atoms with Crippen molar-refractivity contribution in [1.29, 1.82) is 0 Å². The van der Waals surface area contributed by atoms with Crippen LogP contribution in [0.3, 0.4) is 0 Å². The highest BCUT2D eigenvalue weighted by Gasteiger charge is 2.03. The van der Waals surface area contributed by atoms with Crippen LogP contribution >= 0.6 is 27.5 Å². The first-order chi connectivity index (χ1) is 8.69. The standard InChI is InChI=1S/C15H14BrClO/c16-14-5-6-15(17)13(10-14)9-12-3-1-11(2-4-12)7-8-18/h1-6,10,18H,7-9H2. The quantitative estimate of drug-likeness (QED) is 0.892. The summed E-state index contributed by atoms with van der Waals surface area (Å²) in [5.41, 5.74) is 3.49. The van der Waals surface area contributed by atoms with E-state index in [1.54, 1.807) is 0 Å². The Hall–Kier alpha value is -0.830. The molecule has 18 heavy (non-hydrogen) atoms. The fourth-order valence-corrected chi connectivity index (χ4v) is 2.44. The van der Waals surface area contributed by atoms with E-state index < -0.39 is 0 Å². The van der Waals surface area contributed by atoms with E-state index in [9.17, 15) is 0 Å². The molecule has 2 rings (SSSR count). The van der Waals surface area contributed by atoms with Crippen molar-refractivity contribution >= 4 is 27.5 Å². The van der Waals surface area contributed by atoms with Crippen LogP contribution in [0.5, 0.6) is 0 Å². The molecule has 2 aromatic rings. The Bertz CT molecular complexity index is 523. The summed E-state index contributed by atoms with van der Waals surface area (Å²) in [5.74, 6) is 0. The molecular weight excluding hydrogens is 312 g/mol. The van der Waals surface area contributed by atoms with Crippen LogP contribution in [0.25, 0.3) is 0 Å². The van der Waals surface area contributed by atoms with Gasteiger partial charge in [-0.2, -0.15) is 0 Å². The Morgan fingerprint density at radius 2 is 1.67 bits per heavy atom. The molecule has 2 aromatic carbocycles. The van der Waals surface area contributed by atoms with Gasteiger partial charge in [0.05, 0.1) is 0 Å². The summed E-state index contributed by atoms with van der Waals surface area (Å²) in [4.78, 5) is 0.